The van der Waals surface area contributed by atoms with Crippen molar-refractivity contribution in [2.45, 2.75) is 6.18 Å². The average Bonchev–Trinajstić information content (AvgIpc) is 2.47. The molecule has 0 aliphatic carbocycles. The molecule has 108 valence electrons. The number of pyridine rings is 1. The van der Waals surface area contributed by atoms with E-state index in [9.17, 15) is 18.0 Å². The van der Waals surface area contributed by atoms with Crippen LogP contribution in [-0.4, -0.2) is 17.1 Å². The highest BCUT2D eigenvalue weighted by Crippen LogP contribution is 2.30. The molecule has 0 atom stereocenters. The molecule has 21 heavy (non-hydrogen) atoms. The topological polar surface area (TPSA) is 54.4 Å². The summed E-state index contributed by atoms with van der Waals surface area (Å²) < 4.78 is 38.2. The van der Waals surface area contributed by atoms with Gasteiger partial charge in [-0.15, -0.1) is 0 Å². The molecule has 0 aliphatic rings. The minimum atomic E-state index is -4.48. The van der Waals surface area contributed by atoms with Gasteiger partial charge in [0.2, 0.25) is 0 Å². The Hall–Kier alpha value is -2.70. The average molecular weight is 293 g/mol. The highest BCUT2D eigenvalue weighted by Gasteiger charge is 2.32. The number of halogens is 3. The van der Waals surface area contributed by atoms with E-state index in [-0.39, 0.29) is 11.3 Å². The van der Waals surface area contributed by atoms with Crippen LogP contribution in [0.15, 0.2) is 53.8 Å². The summed E-state index contributed by atoms with van der Waals surface area (Å²) in [6, 6.07) is 9.67. The van der Waals surface area contributed by atoms with Gasteiger partial charge in [-0.1, -0.05) is 24.3 Å². The molecular formula is C14H10F3N3O. The van der Waals surface area contributed by atoms with Crippen LogP contribution in [0.3, 0.4) is 0 Å². The number of carbonyl (C=O) groups excluding carboxylic acids is 1. The van der Waals surface area contributed by atoms with E-state index >= 15 is 0 Å². The summed E-state index contributed by atoms with van der Waals surface area (Å²) in [5, 5.41) is 3.53. The monoisotopic (exact) mass is 293 g/mol. The first-order valence-electron chi connectivity index (χ1n) is 5.89. The maximum absolute atomic E-state index is 12.7. The maximum atomic E-state index is 12.7. The van der Waals surface area contributed by atoms with E-state index in [4.69, 9.17) is 0 Å². The van der Waals surface area contributed by atoms with Crippen molar-refractivity contribution >= 4 is 12.1 Å². The van der Waals surface area contributed by atoms with E-state index in [0.29, 0.717) is 0 Å². The number of hydrazone groups is 1. The van der Waals surface area contributed by atoms with E-state index in [1.165, 1.54) is 30.5 Å². The van der Waals surface area contributed by atoms with Gasteiger partial charge in [0.1, 0.15) is 5.69 Å². The van der Waals surface area contributed by atoms with Crippen molar-refractivity contribution in [2.24, 2.45) is 5.10 Å². The number of amides is 1. The quantitative estimate of drug-likeness (QED) is 0.699. The van der Waals surface area contributed by atoms with Gasteiger partial charge in [0, 0.05) is 11.8 Å². The Kier molecular flexibility index (Phi) is 4.32. The smallest absolute Gasteiger partial charge is 0.266 e. The van der Waals surface area contributed by atoms with Crippen LogP contribution in [0, 0.1) is 0 Å². The van der Waals surface area contributed by atoms with E-state index in [1.807, 2.05) is 0 Å². The summed E-state index contributed by atoms with van der Waals surface area (Å²) in [5.41, 5.74) is 1.30. The third kappa shape index (κ3) is 3.88. The Balaban J connectivity index is 2.11. The number of nitrogens with zero attached hydrogens (tertiary/aromatic N) is 2. The molecule has 0 fully saturated rings. The molecule has 0 saturated carbocycles. The van der Waals surface area contributed by atoms with Crippen molar-refractivity contribution in [3.05, 3.63) is 65.5 Å². The highest BCUT2D eigenvalue weighted by molar-refractivity contribution is 5.93. The summed E-state index contributed by atoms with van der Waals surface area (Å²) in [4.78, 5) is 15.4. The zero-order chi connectivity index (χ0) is 15.3. The van der Waals surface area contributed by atoms with Crippen LogP contribution >= 0.6 is 0 Å². The third-order valence-electron chi connectivity index (χ3n) is 2.53. The van der Waals surface area contributed by atoms with Crippen molar-refractivity contribution in [3.8, 4) is 0 Å². The summed E-state index contributed by atoms with van der Waals surface area (Å²) in [5.74, 6) is -0.601. The first kappa shape index (κ1) is 14.7. The number of rotatable bonds is 3. The van der Waals surface area contributed by atoms with Crippen molar-refractivity contribution in [2.75, 3.05) is 0 Å². The second-order valence-electron chi connectivity index (χ2n) is 4.00. The van der Waals surface area contributed by atoms with Crippen molar-refractivity contribution in [1.82, 2.24) is 10.4 Å². The lowest BCUT2D eigenvalue weighted by atomic mass is 10.1. The Labute approximate surface area is 118 Å². The summed E-state index contributed by atoms with van der Waals surface area (Å²) in [6.45, 7) is 0. The molecule has 2 rings (SSSR count). The number of hydrogen-bond acceptors (Lipinski definition) is 3. The van der Waals surface area contributed by atoms with Crippen LogP contribution in [0.25, 0.3) is 0 Å². The van der Waals surface area contributed by atoms with E-state index < -0.39 is 17.6 Å². The van der Waals surface area contributed by atoms with E-state index in [2.05, 4.69) is 15.5 Å². The summed E-state index contributed by atoms with van der Waals surface area (Å²) >= 11 is 0. The molecule has 0 unspecified atom stereocenters. The molecule has 1 aromatic heterocycles. The molecule has 7 heteroatoms. The van der Waals surface area contributed by atoms with Gasteiger partial charge in [0.15, 0.2) is 0 Å². The number of hydrogen-bond donors (Lipinski definition) is 1. The molecule has 0 bridgehead atoms. The predicted molar refractivity (Wildman–Crippen MR) is 70.7 cm³/mol. The van der Waals surface area contributed by atoms with Crippen LogP contribution in [0.5, 0.6) is 0 Å². The van der Waals surface area contributed by atoms with Gasteiger partial charge in [-0.25, -0.2) is 5.43 Å². The van der Waals surface area contributed by atoms with Gasteiger partial charge in [-0.05, 0) is 18.2 Å². The highest BCUT2D eigenvalue weighted by atomic mass is 19.4. The molecule has 4 nitrogen and oxygen atoms in total. The van der Waals surface area contributed by atoms with Crippen molar-refractivity contribution < 1.29 is 18.0 Å². The molecule has 1 heterocycles. The molecular weight excluding hydrogens is 283 g/mol. The number of alkyl halides is 3. The lowest BCUT2D eigenvalue weighted by Gasteiger charge is -2.09. The molecule has 0 aliphatic heterocycles. The molecule has 0 saturated heterocycles. The Morgan fingerprint density at radius 2 is 1.86 bits per heavy atom. The van der Waals surface area contributed by atoms with Crippen molar-refractivity contribution in [1.29, 1.82) is 0 Å². The Morgan fingerprint density at radius 1 is 1.14 bits per heavy atom. The fourth-order valence-electron chi connectivity index (χ4n) is 1.58. The molecule has 1 N–H and O–H groups in total. The number of nitrogens with one attached hydrogen (secondary N) is 1. The zero-order valence-electron chi connectivity index (χ0n) is 10.6. The van der Waals surface area contributed by atoms with Gasteiger partial charge in [0.05, 0.1) is 11.8 Å². The minimum Gasteiger partial charge on any atom is -0.266 e. The van der Waals surface area contributed by atoms with Crippen LogP contribution in [0.1, 0.15) is 21.6 Å². The van der Waals surface area contributed by atoms with Crippen LogP contribution in [-0.2, 0) is 6.18 Å². The first-order chi connectivity index (χ1) is 9.98. The number of aromatic nitrogens is 1. The lowest BCUT2D eigenvalue weighted by molar-refractivity contribution is -0.137. The fraction of sp³-hybridized carbons (Fsp3) is 0.0714. The van der Waals surface area contributed by atoms with Gasteiger partial charge in [0.25, 0.3) is 5.91 Å². The van der Waals surface area contributed by atoms with E-state index in [1.54, 1.807) is 12.1 Å². The summed E-state index contributed by atoms with van der Waals surface area (Å²) in [6.07, 6.45) is -2.10. The normalized spacial score (nSPS) is 11.6. The van der Waals surface area contributed by atoms with Gasteiger partial charge in [-0.3, -0.25) is 9.78 Å². The first-order valence-corrected chi connectivity index (χ1v) is 5.89. The standard InChI is InChI=1S/C14H10F3N3O/c15-14(16,17)11-6-2-1-5-10(11)9-19-20-13(21)12-7-3-4-8-18-12/h1-9H,(H,20,21). The second kappa shape index (κ2) is 6.17. The second-order valence-corrected chi connectivity index (χ2v) is 4.00. The Morgan fingerprint density at radius 3 is 2.52 bits per heavy atom. The zero-order valence-corrected chi connectivity index (χ0v) is 10.6. The summed E-state index contributed by atoms with van der Waals surface area (Å²) in [7, 11) is 0. The molecule has 0 radical (unpaired) electrons. The molecule has 1 aromatic carbocycles. The SMILES string of the molecule is O=C(NN=Cc1ccccc1C(F)(F)F)c1ccccn1. The van der Waals surface area contributed by atoms with Gasteiger partial charge >= 0.3 is 6.18 Å². The number of benzene rings is 1. The molecule has 2 aromatic rings. The Bertz CT molecular complexity index is 654. The van der Waals surface area contributed by atoms with Gasteiger partial charge in [-0.2, -0.15) is 18.3 Å². The van der Waals surface area contributed by atoms with E-state index in [0.717, 1.165) is 12.3 Å². The minimum absolute atomic E-state index is 0.124. The fourth-order valence-corrected chi connectivity index (χ4v) is 1.58. The largest absolute Gasteiger partial charge is 0.417 e. The lowest BCUT2D eigenvalue weighted by Crippen LogP contribution is -2.19. The van der Waals surface area contributed by atoms with Crippen LogP contribution in [0.4, 0.5) is 13.2 Å². The van der Waals surface area contributed by atoms with Gasteiger partial charge < -0.3 is 0 Å². The molecule has 1 amide bonds. The van der Waals surface area contributed by atoms with Crippen LogP contribution in [0.2, 0.25) is 0 Å². The third-order valence-corrected chi connectivity index (χ3v) is 2.53. The van der Waals surface area contributed by atoms with Crippen LogP contribution < -0.4 is 5.43 Å². The predicted octanol–water partition coefficient (Wildman–Crippen LogP) is 2.86. The maximum Gasteiger partial charge on any atom is 0.417 e. The number of carbonyl (C=O) groups is 1. The molecule has 0 spiro atoms. The van der Waals surface area contributed by atoms with Crippen molar-refractivity contribution in [3.63, 3.8) is 0 Å².